The number of carbonyl (C=O) groups is 1. The van der Waals surface area contributed by atoms with Gasteiger partial charge in [0.05, 0.1) is 6.54 Å². The second kappa shape index (κ2) is 8.92. The molecule has 3 heterocycles. The van der Waals surface area contributed by atoms with E-state index < -0.39 is 17.6 Å². The van der Waals surface area contributed by atoms with Crippen molar-refractivity contribution >= 4 is 11.7 Å². The normalized spacial score (nSPS) is 21.0. The fourth-order valence-corrected chi connectivity index (χ4v) is 4.83. The number of amides is 1. The van der Waals surface area contributed by atoms with Gasteiger partial charge in [0, 0.05) is 43.7 Å². The highest BCUT2D eigenvalue weighted by Crippen LogP contribution is 2.48. The van der Waals surface area contributed by atoms with Crippen molar-refractivity contribution < 1.29 is 22.7 Å². The lowest BCUT2D eigenvalue weighted by Gasteiger charge is -2.24. The van der Waals surface area contributed by atoms with Crippen LogP contribution in [-0.4, -0.2) is 77.3 Å². The summed E-state index contributed by atoms with van der Waals surface area (Å²) in [6.07, 6.45) is 0.553. The smallest absolute Gasteiger partial charge is 0.411 e. The molecule has 8 nitrogen and oxygen atoms in total. The molecule has 1 saturated carbocycles. The average molecular weight is 491 g/mol. The number of carbonyl (C=O) groups excluding carboxylic acids is 1. The minimum absolute atomic E-state index is 0.0831. The first kappa shape index (κ1) is 23.8. The number of aryl methyl sites for hydroxylation is 1. The van der Waals surface area contributed by atoms with Crippen LogP contribution in [0, 0.1) is 0 Å². The third-order valence-electron chi connectivity index (χ3n) is 6.94. The lowest BCUT2D eigenvalue weighted by atomic mass is 10.2. The van der Waals surface area contributed by atoms with Gasteiger partial charge in [0.15, 0.2) is 5.82 Å². The number of aromatic nitrogens is 3. The highest BCUT2D eigenvalue weighted by Gasteiger charge is 2.64. The van der Waals surface area contributed by atoms with Crippen LogP contribution in [0.4, 0.5) is 19.0 Å². The molecule has 188 valence electrons. The molecule has 0 aromatic carbocycles. The van der Waals surface area contributed by atoms with Gasteiger partial charge in [-0.15, -0.1) is 0 Å². The topological polar surface area (TPSA) is 83.5 Å². The minimum Gasteiger partial charge on any atom is -0.489 e. The number of halogens is 3. The number of likely N-dealkylation sites (tertiary alicyclic amines) is 1. The summed E-state index contributed by atoms with van der Waals surface area (Å²) >= 11 is 0. The third kappa shape index (κ3) is 4.91. The zero-order valence-electron chi connectivity index (χ0n) is 19.9. The van der Waals surface area contributed by atoms with Gasteiger partial charge in [0.2, 0.25) is 5.91 Å². The molecule has 5 rings (SSSR count). The number of rotatable bonds is 7. The van der Waals surface area contributed by atoms with Crippen molar-refractivity contribution in [3.05, 3.63) is 29.6 Å². The van der Waals surface area contributed by atoms with E-state index in [1.165, 1.54) is 0 Å². The van der Waals surface area contributed by atoms with Crippen molar-refractivity contribution in [3.8, 4) is 17.3 Å². The Kier molecular flexibility index (Phi) is 6.06. The first-order valence-electron chi connectivity index (χ1n) is 11.9. The van der Waals surface area contributed by atoms with Crippen molar-refractivity contribution in [1.82, 2.24) is 25.2 Å². The molecule has 35 heavy (non-hydrogen) atoms. The fourth-order valence-electron chi connectivity index (χ4n) is 4.83. The lowest BCUT2D eigenvalue weighted by Crippen LogP contribution is -2.50. The molecule has 2 aliphatic carbocycles. The Morgan fingerprint density at radius 2 is 2.11 bits per heavy atom. The van der Waals surface area contributed by atoms with E-state index in [-0.39, 0.29) is 25.5 Å². The fraction of sp³-hybridized carbons (Fsp3) is 0.583. The van der Waals surface area contributed by atoms with Gasteiger partial charge in [-0.25, -0.2) is 9.97 Å². The van der Waals surface area contributed by atoms with E-state index in [4.69, 9.17) is 14.7 Å². The molecule has 1 unspecified atom stereocenters. The first-order valence-corrected chi connectivity index (χ1v) is 11.9. The molecular formula is C24H29F3N6O2. The molecule has 2 aromatic rings. The summed E-state index contributed by atoms with van der Waals surface area (Å²) in [6, 6.07) is 3.62. The molecule has 1 atom stereocenters. The molecule has 1 N–H and O–H groups in total. The standard InChI is InChI=1S/C24H29F3N6O2/c1-32-11-7-16(13-32)35-15-6-10-28-19(12-15)21-29-18-5-3-4-17(18)22(30-21)33(2)14-20(34)31-23(8-9-23)24(25,26)27/h6,10,12,16H,3-5,7-9,11,13-14H2,1-2H3,(H,31,34). The maximum absolute atomic E-state index is 13.2. The van der Waals surface area contributed by atoms with Gasteiger partial charge in [-0.05, 0) is 51.6 Å². The van der Waals surface area contributed by atoms with Crippen molar-refractivity contribution in [3.63, 3.8) is 0 Å². The summed E-state index contributed by atoms with van der Waals surface area (Å²) in [5.74, 6) is 0.982. The van der Waals surface area contributed by atoms with E-state index in [1.54, 1.807) is 24.2 Å². The Labute approximate surface area is 201 Å². The van der Waals surface area contributed by atoms with Crippen LogP contribution < -0.4 is 15.0 Å². The number of nitrogens with zero attached hydrogens (tertiary/aromatic N) is 5. The van der Waals surface area contributed by atoms with Gasteiger partial charge in [0.1, 0.15) is 28.9 Å². The number of anilines is 1. The third-order valence-corrected chi connectivity index (χ3v) is 6.94. The summed E-state index contributed by atoms with van der Waals surface area (Å²) in [4.78, 5) is 30.2. The second-order valence-electron chi connectivity index (χ2n) is 9.80. The number of pyridine rings is 1. The van der Waals surface area contributed by atoms with E-state index in [0.717, 1.165) is 50.0 Å². The number of nitrogens with one attached hydrogen (secondary N) is 1. The lowest BCUT2D eigenvalue weighted by molar-refractivity contribution is -0.170. The molecular weight excluding hydrogens is 461 g/mol. The predicted molar refractivity (Wildman–Crippen MR) is 123 cm³/mol. The monoisotopic (exact) mass is 490 g/mol. The van der Waals surface area contributed by atoms with Gasteiger partial charge in [-0.3, -0.25) is 9.78 Å². The number of alkyl halides is 3. The zero-order chi connectivity index (χ0) is 24.8. The van der Waals surface area contributed by atoms with Gasteiger partial charge >= 0.3 is 6.18 Å². The Hall–Kier alpha value is -2.95. The summed E-state index contributed by atoms with van der Waals surface area (Å²) in [7, 11) is 3.73. The molecule has 0 spiro atoms. The Bertz CT molecular complexity index is 1120. The van der Waals surface area contributed by atoms with Crippen LogP contribution >= 0.6 is 0 Å². The molecule has 3 aliphatic rings. The van der Waals surface area contributed by atoms with Crippen molar-refractivity contribution in [2.45, 2.75) is 56.3 Å². The number of likely N-dealkylation sites (N-methyl/N-ethyl adjacent to an activating group) is 2. The van der Waals surface area contributed by atoms with Crippen LogP contribution in [0.15, 0.2) is 18.3 Å². The number of hydrogen-bond donors (Lipinski definition) is 1. The van der Waals surface area contributed by atoms with Crippen molar-refractivity contribution in [2.24, 2.45) is 0 Å². The van der Waals surface area contributed by atoms with Crippen LogP contribution in [0.5, 0.6) is 5.75 Å². The Morgan fingerprint density at radius 3 is 2.80 bits per heavy atom. The Morgan fingerprint density at radius 1 is 1.31 bits per heavy atom. The number of fused-ring (bicyclic) bond motifs is 1. The van der Waals surface area contributed by atoms with Crippen molar-refractivity contribution in [1.29, 1.82) is 0 Å². The maximum Gasteiger partial charge on any atom is 0.411 e. The maximum atomic E-state index is 13.2. The number of hydrogen-bond acceptors (Lipinski definition) is 7. The average Bonchev–Trinajstić information content (AvgIpc) is 3.24. The van der Waals surface area contributed by atoms with E-state index in [2.05, 4.69) is 22.2 Å². The van der Waals surface area contributed by atoms with E-state index in [9.17, 15) is 18.0 Å². The quantitative estimate of drug-likeness (QED) is 0.639. The van der Waals surface area contributed by atoms with Crippen LogP contribution in [0.1, 0.15) is 36.9 Å². The minimum atomic E-state index is -4.45. The van der Waals surface area contributed by atoms with Crippen LogP contribution in [0.3, 0.4) is 0 Å². The molecule has 0 bridgehead atoms. The molecule has 0 radical (unpaired) electrons. The highest BCUT2D eigenvalue weighted by atomic mass is 19.4. The highest BCUT2D eigenvalue weighted by molar-refractivity contribution is 5.82. The van der Waals surface area contributed by atoms with Crippen molar-refractivity contribution in [2.75, 3.05) is 38.6 Å². The number of ether oxygens (including phenoxy) is 1. The molecule has 1 amide bonds. The largest absolute Gasteiger partial charge is 0.489 e. The summed E-state index contributed by atoms with van der Waals surface area (Å²) in [6.45, 7) is 1.62. The van der Waals surface area contributed by atoms with E-state index >= 15 is 0 Å². The summed E-state index contributed by atoms with van der Waals surface area (Å²) in [5.41, 5.74) is 0.290. The predicted octanol–water partition coefficient (Wildman–Crippen LogP) is 2.76. The zero-order valence-corrected chi connectivity index (χ0v) is 19.9. The van der Waals surface area contributed by atoms with Gasteiger partial charge in [0.25, 0.3) is 0 Å². The SMILES string of the molecule is CN1CCC(Oc2ccnc(-c3nc4c(c(N(C)CC(=O)NC5(C(F)(F)F)CC5)n3)CCC4)c2)C1. The molecule has 1 saturated heterocycles. The van der Waals surface area contributed by atoms with Gasteiger partial charge in [-0.1, -0.05) is 0 Å². The van der Waals surface area contributed by atoms with Gasteiger partial charge in [-0.2, -0.15) is 13.2 Å². The van der Waals surface area contributed by atoms with Gasteiger partial charge < -0.3 is 19.9 Å². The van der Waals surface area contributed by atoms with E-state index in [0.29, 0.717) is 23.1 Å². The first-order chi connectivity index (χ1) is 16.6. The molecule has 1 aliphatic heterocycles. The second-order valence-corrected chi connectivity index (χ2v) is 9.80. The summed E-state index contributed by atoms with van der Waals surface area (Å²) < 4.78 is 45.9. The molecule has 2 aromatic heterocycles. The van der Waals surface area contributed by atoms with Crippen LogP contribution in [0.25, 0.3) is 11.5 Å². The van der Waals surface area contributed by atoms with E-state index in [1.807, 2.05) is 6.07 Å². The summed E-state index contributed by atoms with van der Waals surface area (Å²) in [5, 5.41) is 2.19. The van der Waals surface area contributed by atoms with Crippen LogP contribution in [0.2, 0.25) is 0 Å². The van der Waals surface area contributed by atoms with Crippen LogP contribution in [-0.2, 0) is 17.6 Å². The molecule has 2 fully saturated rings. The Balaban J connectivity index is 1.35. The molecule has 11 heteroatoms.